The highest BCUT2D eigenvalue weighted by molar-refractivity contribution is 5.97. The first kappa shape index (κ1) is 13.4. The molecule has 0 aromatic heterocycles. The van der Waals surface area contributed by atoms with Gasteiger partial charge in [0, 0.05) is 0 Å². The lowest BCUT2D eigenvalue weighted by atomic mass is 10.0. The second-order valence-corrected chi connectivity index (χ2v) is 4.46. The molecule has 1 amide bonds. The largest absolute Gasteiger partial charge is 0.397 e. The molecule has 0 radical (unpaired) electrons. The Labute approximate surface area is 100 Å². The topological polar surface area (TPSA) is 81.1 Å². The van der Waals surface area contributed by atoms with Gasteiger partial charge < -0.3 is 16.8 Å². The van der Waals surface area contributed by atoms with Crippen molar-refractivity contribution in [2.24, 2.45) is 11.7 Å². The van der Waals surface area contributed by atoms with Gasteiger partial charge in [-0.15, -0.1) is 0 Å². The zero-order valence-corrected chi connectivity index (χ0v) is 10.0. The number of nitrogens with one attached hydrogen (secondary N) is 1. The number of rotatable bonds is 4. The molecule has 0 heterocycles. The van der Waals surface area contributed by atoms with Crippen LogP contribution in [0, 0.1) is 11.7 Å². The quantitative estimate of drug-likeness (QED) is 0.700. The number of benzene rings is 1. The van der Waals surface area contributed by atoms with Crippen LogP contribution in [0.25, 0.3) is 0 Å². The van der Waals surface area contributed by atoms with Gasteiger partial charge in [-0.05, 0) is 30.5 Å². The van der Waals surface area contributed by atoms with Crippen LogP contribution in [0.4, 0.5) is 15.8 Å². The third-order valence-electron chi connectivity index (χ3n) is 2.33. The summed E-state index contributed by atoms with van der Waals surface area (Å²) in [7, 11) is 0. The van der Waals surface area contributed by atoms with Gasteiger partial charge in [0.05, 0.1) is 17.4 Å². The number of hydrogen-bond donors (Lipinski definition) is 3. The molecular weight excluding hydrogens is 221 g/mol. The van der Waals surface area contributed by atoms with E-state index in [1.54, 1.807) is 0 Å². The lowest BCUT2D eigenvalue weighted by Crippen LogP contribution is -2.36. The summed E-state index contributed by atoms with van der Waals surface area (Å²) in [5, 5.41) is 2.59. The Kier molecular flexibility index (Phi) is 4.45. The van der Waals surface area contributed by atoms with Crippen molar-refractivity contribution in [1.29, 1.82) is 0 Å². The second kappa shape index (κ2) is 5.63. The van der Waals surface area contributed by atoms with Gasteiger partial charge in [0.15, 0.2) is 0 Å². The van der Waals surface area contributed by atoms with Gasteiger partial charge >= 0.3 is 0 Å². The molecule has 1 rings (SSSR count). The smallest absolute Gasteiger partial charge is 0.241 e. The van der Waals surface area contributed by atoms with E-state index in [0.29, 0.717) is 18.0 Å². The summed E-state index contributed by atoms with van der Waals surface area (Å²) < 4.78 is 12.8. The number of carbonyl (C=O) groups is 1. The predicted molar refractivity (Wildman–Crippen MR) is 66.9 cm³/mol. The van der Waals surface area contributed by atoms with E-state index in [1.165, 1.54) is 12.1 Å². The maximum Gasteiger partial charge on any atom is 0.241 e. The van der Waals surface area contributed by atoms with Crippen LogP contribution in [0.2, 0.25) is 0 Å². The summed E-state index contributed by atoms with van der Waals surface area (Å²) in [6.45, 7) is 3.97. The average Bonchev–Trinajstić information content (AvgIpc) is 2.21. The molecule has 0 aliphatic rings. The van der Waals surface area contributed by atoms with E-state index in [2.05, 4.69) is 5.32 Å². The van der Waals surface area contributed by atoms with E-state index in [0.717, 1.165) is 6.07 Å². The second-order valence-electron chi connectivity index (χ2n) is 4.46. The van der Waals surface area contributed by atoms with E-state index in [4.69, 9.17) is 11.5 Å². The third kappa shape index (κ3) is 4.03. The molecule has 0 aliphatic heterocycles. The van der Waals surface area contributed by atoms with E-state index in [-0.39, 0.29) is 11.6 Å². The summed E-state index contributed by atoms with van der Waals surface area (Å²) >= 11 is 0. The highest BCUT2D eigenvalue weighted by Crippen LogP contribution is 2.19. The lowest BCUT2D eigenvalue weighted by Gasteiger charge is -2.15. The predicted octanol–water partition coefficient (Wildman–Crippen LogP) is 1.72. The summed E-state index contributed by atoms with van der Waals surface area (Å²) in [6, 6.07) is 3.23. The van der Waals surface area contributed by atoms with Gasteiger partial charge in [0.25, 0.3) is 0 Å². The molecule has 0 spiro atoms. The van der Waals surface area contributed by atoms with Crippen LogP contribution in [0.15, 0.2) is 18.2 Å². The van der Waals surface area contributed by atoms with Gasteiger partial charge in [-0.25, -0.2) is 4.39 Å². The number of anilines is 2. The minimum atomic E-state index is -0.584. The number of nitrogens with two attached hydrogens (primary N) is 2. The number of carbonyl (C=O) groups excluding carboxylic acids is 1. The highest BCUT2D eigenvalue weighted by atomic mass is 19.1. The van der Waals surface area contributed by atoms with Gasteiger partial charge in [-0.2, -0.15) is 0 Å². The first-order valence-electron chi connectivity index (χ1n) is 5.51. The zero-order valence-electron chi connectivity index (χ0n) is 10.0. The maximum atomic E-state index is 12.8. The van der Waals surface area contributed by atoms with Crippen molar-refractivity contribution in [3.05, 3.63) is 24.0 Å². The minimum Gasteiger partial charge on any atom is -0.397 e. The molecule has 0 aliphatic carbocycles. The Morgan fingerprint density at radius 1 is 1.47 bits per heavy atom. The monoisotopic (exact) mass is 239 g/mol. The van der Waals surface area contributed by atoms with Crippen molar-refractivity contribution in [2.75, 3.05) is 11.1 Å². The Bertz CT molecular complexity index is 407. The van der Waals surface area contributed by atoms with Gasteiger partial charge in [0.2, 0.25) is 5.91 Å². The van der Waals surface area contributed by atoms with Crippen molar-refractivity contribution < 1.29 is 9.18 Å². The van der Waals surface area contributed by atoms with Crippen LogP contribution in [0.3, 0.4) is 0 Å². The van der Waals surface area contributed by atoms with E-state index < -0.39 is 11.9 Å². The fourth-order valence-corrected chi connectivity index (χ4v) is 1.49. The van der Waals surface area contributed by atoms with Crippen molar-refractivity contribution in [2.45, 2.75) is 26.3 Å². The summed E-state index contributed by atoms with van der Waals surface area (Å²) in [5.41, 5.74) is 11.9. The maximum absolute atomic E-state index is 12.8. The lowest BCUT2D eigenvalue weighted by molar-refractivity contribution is -0.117. The molecule has 94 valence electrons. The van der Waals surface area contributed by atoms with Crippen LogP contribution in [0.5, 0.6) is 0 Å². The molecular formula is C12H18FN3O. The van der Waals surface area contributed by atoms with Crippen LogP contribution < -0.4 is 16.8 Å². The highest BCUT2D eigenvalue weighted by Gasteiger charge is 2.15. The fourth-order valence-electron chi connectivity index (χ4n) is 1.49. The molecule has 17 heavy (non-hydrogen) atoms. The average molecular weight is 239 g/mol. The van der Waals surface area contributed by atoms with Crippen LogP contribution in [-0.2, 0) is 4.79 Å². The Morgan fingerprint density at radius 3 is 2.65 bits per heavy atom. The first-order valence-corrected chi connectivity index (χ1v) is 5.51. The molecule has 0 fully saturated rings. The standard InChI is InChI=1S/C12H18FN3O/c1-7(2)5-10(15)12(17)16-11-4-3-8(13)6-9(11)14/h3-4,6-7,10H,5,14-15H2,1-2H3,(H,16,17)/t10-/m0/s1. The Hall–Kier alpha value is -1.62. The molecule has 1 aromatic rings. The number of amides is 1. The van der Waals surface area contributed by atoms with Crippen molar-refractivity contribution >= 4 is 17.3 Å². The van der Waals surface area contributed by atoms with Crippen molar-refractivity contribution in [1.82, 2.24) is 0 Å². The molecule has 1 aromatic carbocycles. The van der Waals surface area contributed by atoms with Crippen LogP contribution in [0.1, 0.15) is 20.3 Å². The Balaban J connectivity index is 2.67. The third-order valence-corrected chi connectivity index (χ3v) is 2.33. The van der Waals surface area contributed by atoms with Crippen LogP contribution >= 0.6 is 0 Å². The molecule has 4 nitrogen and oxygen atoms in total. The minimum absolute atomic E-state index is 0.190. The zero-order chi connectivity index (χ0) is 13.0. The van der Waals surface area contributed by atoms with Gasteiger partial charge in [-0.1, -0.05) is 13.8 Å². The summed E-state index contributed by atoms with van der Waals surface area (Å²) in [5.74, 6) is -0.412. The van der Waals surface area contributed by atoms with Crippen molar-refractivity contribution in [3.8, 4) is 0 Å². The van der Waals surface area contributed by atoms with Crippen LogP contribution in [-0.4, -0.2) is 11.9 Å². The number of halogens is 1. The molecule has 0 unspecified atom stereocenters. The fraction of sp³-hybridized carbons (Fsp3) is 0.417. The summed E-state index contributed by atoms with van der Waals surface area (Å²) in [6.07, 6.45) is 0.590. The molecule has 5 N–H and O–H groups in total. The summed E-state index contributed by atoms with van der Waals surface area (Å²) in [4.78, 5) is 11.7. The number of nitrogen functional groups attached to an aromatic ring is 1. The van der Waals surface area contributed by atoms with Gasteiger partial charge in [0.1, 0.15) is 5.82 Å². The Morgan fingerprint density at radius 2 is 2.12 bits per heavy atom. The molecule has 0 saturated heterocycles. The van der Waals surface area contributed by atoms with E-state index in [9.17, 15) is 9.18 Å². The molecule has 0 saturated carbocycles. The SMILES string of the molecule is CC(C)C[C@H](N)C(=O)Nc1ccc(F)cc1N. The van der Waals surface area contributed by atoms with E-state index in [1.807, 2.05) is 13.8 Å². The number of hydrogen-bond acceptors (Lipinski definition) is 3. The molecule has 1 atom stereocenters. The normalized spacial score (nSPS) is 12.5. The first-order chi connectivity index (χ1) is 7.90. The van der Waals surface area contributed by atoms with E-state index >= 15 is 0 Å². The molecule has 5 heteroatoms. The van der Waals surface area contributed by atoms with Gasteiger partial charge in [-0.3, -0.25) is 4.79 Å². The van der Waals surface area contributed by atoms with Crippen molar-refractivity contribution in [3.63, 3.8) is 0 Å². The molecule has 0 bridgehead atoms.